The first kappa shape index (κ1) is 85.5. The van der Waals surface area contributed by atoms with E-state index in [1.165, 1.54) is 45.0 Å². The van der Waals surface area contributed by atoms with Crippen LogP contribution in [0.4, 0.5) is 18.2 Å². The number of aliphatic carboxylic acids is 3. The molecule has 0 unspecified atom stereocenters. The minimum absolute atomic E-state index is 0.167. The van der Waals surface area contributed by atoms with Crippen molar-refractivity contribution in [1.82, 2.24) is 0 Å². The van der Waals surface area contributed by atoms with Crippen molar-refractivity contribution in [3.63, 3.8) is 0 Å². The number of hydrogen-bond donors (Lipinski definition) is 5. The molecule has 0 fully saturated rings. The lowest BCUT2D eigenvalue weighted by molar-refractivity contribution is -0.153. The maximum absolute atomic E-state index is 11.8. The molecule has 1 amide bonds. The number of carbonyl (C=O) groups is 7. The molecule has 0 aromatic carbocycles. The Kier molecular flexibility index (Phi) is 38.0. The van der Waals surface area contributed by atoms with Crippen LogP contribution < -0.4 is 38.5 Å². The van der Waals surface area contributed by atoms with Gasteiger partial charge in [-0.25, -0.2) is 24.0 Å². The number of anilines is 1. The number of rotatable bonds is 27. The molecule has 0 bridgehead atoms. The van der Waals surface area contributed by atoms with Gasteiger partial charge in [-0.3, -0.25) is 9.59 Å². The molecule has 0 radical (unpaired) electrons. The van der Waals surface area contributed by atoms with Gasteiger partial charge in [0.2, 0.25) is 6.41 Å². The van der Waals surface area contributed by atoms with E-state index in [1.807, 2.05) is 99.6 Å². The highest BCUT2D eigenvalue weighted by molar-refractivity contribution is 7.17. The quantitative estimate of drug-likeness (QED) is 0.0138. The van der Waals surface area contributed by atoms with E-state index >= 15 is 0 Å². The van der Waals surface area contributed by atoms with Crippen LogP contribution in [0.5, 0.6) is 40.2 Å². The summed E-state index contributed by atoms with van der Waals surface area (Å²) in [4.78, 5) is 90.0. The standard InChI is InChI=1S/C10H11NO3S.C10H12O5S.C10H14O3S.C10H12O3S.C9H11N3OS.C8H7F3O3S.C8H11NO2S/c1-3-13-8-4-6(2)15-10(8)7-5-9(12)14-11-7;1-3-14-7-4-6(2)16-9(7)10(13)15-5-8(11)12;2*1-3-13-8-6-7(2)14-9(8)4-5-10(11)12;1-3-13-8-4-6(2)14-9(8)7-5-10-12-11-7;1-4-2-5(6(15-4)7(12)13)14-3-8(9,10)11;1-3-11-7-4-6(2)12-8(7)9-5-10/h4H,3,5H2,1-2H3;4H,3,5H2,1-2H3,(H,11,12);6H,3-5H2,1-2H3,(H,11,12);4-6H,3H2,1-2H3,(H,11,12);4H,3,5H2,1-2H3;2H,3H2,1H3,(H,12,13);4-5H,3H2,1-2H3,(H,9,10)/b;;;5-4+;;;. The average Bonchev–Trinajstić information content (AvgIpc) is 1.69. The van der Waals surface area contributed by atoms with Gasteiger partial charge < -0.3 is 68.5 Å². The summed E-state index contributed by atoms with van der Waals surface area (Å²) in [6, 6.07) is 12.8. The Hall–Kier alpha value is -8.74. The number of aryl methyl sites for hydroxylation is 8. The minimum atomic E-state index is -4.47. The Morgan fingerprint density at radius 1 is 0.570 bits per heavy atom. The molecule has 0 saturated heterocycles. The highest BCUT2D eigenvalue weighted by Gasteiger charge is 2.30. The molecule has 7 aromatic rings. The van der Waals surface area contributed by atoms with Gasteiger partial charge in [0.1, 0.15) is 57.5 Å². The number of ether oxygens (including phenoxy) is 8. The van der Waals surface area contributed by atoms with Crippen LogP contribution in [-0.2, 0) is 40.0 Å². The Labute approximate surface area is 603 Å². The predicted octanol–water partition coefficient (Wildman–Crippen LogP) is 16.2. The summed E-state index contributed by atoms with van der Waals surface area (Å²) in [6.07, 6.45) is -0.165. The number of carbonyl (C=O) groups excluding carboxylic acids is 3. The summed E-state index contributed by atoms with van der Waals surface area (Å²) >= 11 is 9.98. The lowest BCUT2D eigenvalue weighted by Gasteiger charge is -2.07. The van der Waals surface area contributed by atoms with Crippen LogP contribution in [-0.4, -0.2) is 140 Å². The number of oxime groups is 1. The Bertz CT molecular complexity index is 3930. The van der Waals surface area contributed by atoms with Gasteiger partial charge in [0, 0.05) is 45.1 Å². The van der Waals surface area contributed by atoms with Crippen molar-refractivity contribution in [1.29, 1.82) is 0 Å². The van der Waals surface area contributed by atoms with Gasteiger partial charge in [-0.05, 0) is 150 Å². The maximum atomic E-state index is 11.8. The van der Waals surface area contributed by atoms with Crippen LogP contribution in [0.2, 0.25) is 0 Å². The fourth-order valence-electron chi connectivity index (χ4n) is 7.83. The van der Waals surface area contributed by atoms with Gasteiger partial charge in [0.15, 0.2) is 28.7 Å². The molecule has 2 aliphatic rings. The minimum Gasteiger partial charge on any atom is -0.493 e. The van der Waals surface area contributed by atoms with Gasteiger partial charge in [-0.1, -0.05) is 5.16 Å². The van der Waals surface area contributed by atoms with E-state index in [-0.39, 0.29) is 29.4 Å². The molecule has 0 atom stereocenters. The van der Waals surface area contributed by atoms with Gasteiger partial charge in [-0.15, -0.1) is 84.5 Å². The molecule has 35 heteroatoms. The second kappa shape index (κ2) is 44.4. The summed E-state index contributed by atoms with van der Waals surface area (Å²) in [5.41, 5.74) is 1.58. The molecule has 9 rings (SSSR count). The van der Waals surface area contributed by atoms with E-state index in [4.69, 9.17) is 48.8 Å². The number of halogens is 3. The Morgan fingerprint density at radius 3 is 1.53 bits per heavy atom. The Morgan fingerprint density at radius 2 is 1.03 bits per heavy atom. The molecular formula is C65H78F3N5O20S7. The van der Waals surface area contributed by atoms with Crippen LogP contribution in [0, 0.1) is 48.5 Å². The highest BCUT2D eigenvalue weighted by atomic mass is 32.1. The van der Waals surface area contributed by atoms with Gasteiger partial charge in [0.05, 0.1) is 67.1 Å². The smallest absolute Gasteiger partial charge is 0.422 e. The lowest BCUT2D eigenvalue weighted by Crippen LogP contribution is -2.19. The normalized spacial score (nSPS) is 11.7. The van der Waals surface area contributed by atoms with Crippen molar-refractivity contribution < 1.29 is 110 Å². The van der Waals surface area contributed by atoms with E-state index in [0.717, 1.165) is 101 Å². The van der Waals surface area contributed by atoms with E-state index in [9.17, 15) is 46.7 Å². The van der Waals surface area contributed by atoms with Crippen molar-refractivity contribution in [2.24, 2.45) is 20.6 Å². The topological polar surface area (TPSA) is 345 Å². The van der Waals surface area contributed by atoms with Gasteiger partial charge >= 0.3 is 42.0 Å². The maximum Gasteiger partial charge on any atom is 0.422 e. The summed E-state index contributed by atoms with van der Waals surface area (Å²) in [5.74, 6) is -0.888. The number of hydrogen-bond acceptors (Lipinski definition) is 27. The second-order valence-corrected chi connectivity index (χ2v) is 28.6. The molecule has 100 heavy (non-hydrogen) atoms. The molecule has 25 nitrogen and oxygen atoms in total. The number of nitrogens with zero attached hydrogens (tertiary/aromatic N) is 4. The number of nitrogens with one attached hydrogen (secondary N) is 1. The predicted molar refractivity (Wildman–Crippen MR) is 383 cm³/mol. The van der Waals surface area contributed by atoms with Crippen LogP contribution in [0.15, 0.2) is 69.1 Å². The number of esters is 1. The van der Waals surface area contributed by atoms with Crippen molar-refractivity contribution >= 4 is 144 Å². The fourth-order valence-corrected chi connectivity index (χ4v) is 14.0. The van der Waals surface area contributed by atoms with E-state index in [2.05, 4.69) is 47.1 Å². The summed E-state index contributed by atoms with van der Waals surface area (Å²) in [7, 11) is 0. The zero-order valence-corrected chi connectivity index (χ0v) is 62.6. The molecule has 0 aliphatic carbocycles. The fraction of sp³-hybridized carbons (Fsp3) is 0.400. The van der Waals surface area contributed by atoms with Crippen LogP contribution in [0.25, 0.3) is 6.08 Å². The van der Waals surface area contributed by atoms with Gasteiger partial charge in [-0.2, -0.15) is 18.3 Å². The third kappa shape index (κ3) is 31.2. The number of alkyl halides is 3. The number of aromatic carboxylic acids is 1. The Balaban J connectivity index is 0.000000304. The number of carboxylic acids is 4. The van der Waals surface area contributed by atoms with E-state index in [0.29, 0.717) is 80.2 Å². The average molecular weight is 1530 g/mol. The van der Waals surface area contributed by atoms with Crippen LogP contribution in [0.1, 0.15) is 127 Å². The number of thiophene rings is 7. The molecule has 0 spiro atoms. The molecule has 5 N–H and O–H groups in total. The zero-order chi connectivity index (χ0) is 74.6. The van der Waals surface area contributed by atoms with Crippen molar-refractivity contribution in [3.8, 4) is 40.2 Å². The monoisotopic (exact) mass is 1530 g/mol. The molecule has 0 saturated carbocycles. The molecule has 7 aromatic heterocycles. The summed E-state index contributed by atoms with van der Waals surface area (Å²) in [5, 5.41) is 52.6. The molecule has 2 aliphatic heterocycles. The highest BCUT2D eigenvalue weighted by Crippen LogP contribution is 2.37. The van der Waals surface area contributed by atoms with Crippen LogP contribution in [0.3, 0.4) is 0 Å². The second-order valence-electron chi connectivity index (χ2n) is 19.7. The van der Waals surface area contributed by atoms with Gasteiger partial charge in [0.25, 0.3) is 0 Å². The van der Waals surface area contributed by atoms with Crippen molar-refractivity contribution in [2.45, 2.75) is 115 Å². The first-order valence-electron chi connectivity index (χ1n) is 30.2. The molecule has 9 heterocycles. The molecule has 546 valence electrons. The largest absolute Gasteiger partial charge is 0.493 e. The SMILES string of the molecule is CCOc1cc(C)sc1/C=C/C(=O)O.CCOc1cc(C)sc1C(=O)OCC(=O)O.CCOc1cc(C)sc1C1=NN=NC1.CCOc1cc(C)sc1C1=NOC(=O)C1.CCOc1cc(C)sc1CCC(=O)O.CCOc1cc(C)sc1NC=O.Cc1cc(OCC(F)(F)F)c(C(=O)O)s1. The third-order valence-electron chi connectivity index (χ3n) is 11.4. The first-order valence-corrected chi connectivity index (χ1v) is 35.9. The van der Waals surface area contributed by atoms with Crippen LogP contribution >= 0.6 is 79.4 Å². The van der Waals surface area contributed by atoms with Crippen molar-refractivity contribution in [2.75, 3.05) is 64.7 Å². The van der Waals surface area contributed by atoms with E-state index in [1.54, 1.807) is 60.0 Å². The van der Waals surface area contributed by atoms with E-state index < -0.39 is 49.2 Å². The number of carboxylic acid groups (broad SMARTS) is 4. The lowest BCUT2D eigenvalue weighted by atomic mass is 10.2. The number of amides is 1. The molecular weight excluding hydrogens is 1450 g/mol. The van der Waals surface area contributed by atoms with Crippen molar-refractivity contribution in [3.05, 3.63) is 112 Å². The summed E-state index contributed by atoms with van der Waals surface area (Å²) < 4.78 is 76.7. The summed E-state index contributed by atoms with van der Waals surface area (Å²) in [6.45, 7) is 26.8. The zero-order valence-electron chi connectivity index (χ0n) is 56.9. The first-order chi connectivity index (χ1) is 47.4. The third-order valence-corrected chi connectivity index (χ3v) is 18.7.